The molecule has 23 heavy (non-hydrogen) atoms. The van der Waals surface area contributed by atoms with Crippen LogP contribution in [-0.4, -0.2) is 15.9 Å². The minimum atomic E-state index is -4.63. The highest BCUT2D eigenvalue weighted by atomic mass is 32.2. The van der Waals surface area contributed by atoms with Gasteiger partial charge >= 0.3 is 6.18 Å². The van der Waals surface area contributed by atoms with Crippen molar-refractivity contribution in [1.82, 2.24) is 9.97 Å². The summed E-state index contributed by atoms with van der Waals surface area (Å²) in [7, 11) is 0. The van der Waals surface area contributed by atoms with Crippen LogP contribution in [0.2, 0.25) is 0 Å². The molecule has 1 aromatic heterocycles. The van der Waals surface area contributed by atoms with Crippen molar-refractivity contribution >= 4 is 28.9 Å². The van der Waals surface area contributed by atoms with Crippen molar-refractivity contribution in [2.75, 3.05) is 5.32 Å². The zero-order valence-corrected chi connectivity index (χ0v) is 12.2. The Morgan fingerprint density at radius 3 is 2.61 bits per heavy atom. The molecule has 0 radical (unpaired) electrons. The number of carbonyl (C=O) groups excluding carboxylic acids is 1. The van der Waals surface area contributed by atoms with Crippen molar-refractivity contribution in [1.29, 1.82) is 0 Å². The normalized spacial score (nSPS) is 15.8. The lowest BCUT2D eigenvalue weighted by Crippen LogP contribution is -2.19. The Kier molecular flexibility index (Phi) is 3.72. The first-order chi connectivity index (χ1) is 10.9. The predicted octanol–water partition coefficient (Wildman–Crippen LogP) is 2.87. The Bertz CT molecular complexity index is 793. The SMILES string of the molecule is NC(=O)/C(=C1\Nc2ccccc2S1)c1nccc(C(F)(F)F)n1. The number of nitrogens with two attached hydrogens (primary N) is 1. The van der Waals surface area contributed by atoms with Crippen LogP contribution in [0.15, 0.2) is 46.5 Å². The number of thioether (sulfide) groups is 1. The van der Waals surface area contributed by atoms with E-state index in [0.29, 0.717) is 5.03 Å². The average molecular weight is 338 g/mol. The lowest BCUT2D eigenvalue weighted by Gasteiger charge is -2.09. The molecule has 3 rings (SSSR count). The van der Waals surface area contributed by atoms with E-state index in [4.69, 9.17) is 5.73 Å². The smallest absolute Gasteiger partial charge is 0.365 e. The molecule has 118 valence electrons. The number of primary amides is 1. The molecule has 0 saturated carbocycles. The van der Waals surface area contributed by atoms with Gasteiger partial charge in [0.25, 0.3) is 5.91 Å². The van der Waals surface area contributed by atoms with Crippen LogP contribution in [0.1, 0.15) is 11.5 Å². The van der Waals surface area contributed by atoms with E-state index in [2.05, 4.69) is 15.3 Å². The van der Waals surface area contributed by atoms with Gasteiger partial charge in [0.15, 0.2) is 5.82 Å². The Morgan fingerprint density at radius 2 is 1.96 bits per heavy atom. The van der Waals surface area contributed by atoms with Crippen molar-refractivity contribution in [2.45, 2.75) is 11.1 Å². The van der Waals surface area contributed by atoms with Gasteiger partial charge < -0.3 is 11.1 Å². The van der Waals surface area contributed by atoms with Crippen LogP contribution < -0.4 is 11.1 Å². The van der Waals surface area contributed by atoms with Gasteiger partial charge in [0.2, 0.25) is 0 Å². The van der Waals surface area contributed by atoms with E-state index >= 15 is 0 Å². The third-order valence-electron chi connectivity index (χ3n) is 2.99. The van der Waals surface area contributed by atoms with Gasteiger partial charge in [-0.05, 0) is 18.2 Å². The molecular weight excluding hydrogens is 329 g/mol. The summed E-state index contributed by atoms with van der Waals surface area (Å²) in [5.74, 6) is -1.28. The minimum absolute atomic E-state index is 0.183. The molecule has 1 aliphatic heterocycles. The largest absolute Gasteiger partial charge is 0.433 e. The molecule has 3 N–H and O–H groups in total. The number of hydrogen-bond acceptors (Lipinski definition) is 5. The number of carbonyl (C=O) groups is 1. The van der Waals surface area contributed by atoms with E-state index in [0.717, 1.165) is 22.8 Å². The summed E-state index contributed by atoms with van der Waals surface area (Å²) in [4.78, 5) is 19.8. The number of nitrogens with zero attached hydrogens (tertiary/aromatic N) is 2. The third kappa shape index (κ3) is 3.00. The second-order valence-electron chi connectivity index (χ2n) is 4.55. The average Bonchev–Trinajstić information content (AvgIpc) is 2.89. The second kappa shape index (κ2) is 5.58. The van der Waals surface area contributed by atoms with Gasteiger partial charge in [0, 0.05) is 11.1 Å². The number of nitrogens with one attached hydrogen (secondary N) is 1. The number of aromatic nitrogens is 2. The van der Waals surface area contributed by atoms with Gasteiger partial charge in [-0.15, -0.1) is 0 Å². The van der Waals surface area contributed by atoms with Crippen LogP contribution in [0.4, 0.5) is 18.9 Å². The van der Waals surface area contributed by atoms with Crippen molar-refractivity contribution < 1.29 is 18.0 Å². The fourth-order valence-corrected chi connectivity index (χ4v) is 3.04. The number of alkyl halides is 3. The first kappa shape index (κ1) is 15.3. The van der Waals surface area contributed by atoms with Gasteiger partial charge in [-0.2, -0.15) is 13.2 Å². The molecule has 2 heterocycles. The predicted molar refractivity (Wildman–Crippen MR) is 79.1 cm³/mol. The van der Waals surface area contributed by atoms with E-state index in [9.17, 15) is 18.0 Å². The fraction of sp³-hybridized carbons (Fsp3) is 0.0714. The second-order valence-corrected chi connectivity index (χ2v) is 5.61. The van der Waals surface area contributed by atoms with Crippen LogP contribution in [0, 0.1) is 0 Å². The van der Waals surface area contributed by atoms with Gasteiger partial charge in [-0.3, -0.25) is 4.79 Å². The molecule has 0 saturated heterocycles. The Balaban J connectivity index is 2.08. The molecular formula is C14H9F3N4OS. The fourth-order valence-electron chi connectivity index (χ4n) is 1.99. The molecule has 0 aliphatic carbocycles. The van der Waals surface area contributed by atoms with Crippen LogP contribution in [-0.2, 0) is 11.0 Å². The summed E-state index contributed by atoms with van der Waals surface area (Å²) in [6.07, 6.45) is -3.69. The van der Waals surface area contributed by atoms with E-state index in [-0.39, 0.29) is 11.4 Å². The third-order valence-corrected chi connectivity index (χ3v) is 4.08. The number of halogens is 3. The maximum absolute atomic E-state index is 12.8. The quantitative estimate of drug-likeness (QED) is 0.823. The van der Waals surface area contributed by atoms with E-state index in [1.807, 2.05) is 6.07 Å². The summed E-state index contributed by atoms with van der Waals surface area (Å²) in [5, 5.41) is 3.26. The molecule has 0 fully saturated rings. The topological polar surface area (TPSA) is 80.9 Å². The number of anilines is 1. The van der Waals surface area contributed by atoms with Gasteiger partial charge in [-0.25, -0.2) is 9.97 Å². The number of amides is 1. The monoisotopic (exact) mass is 338 g/mol. The molecule has 1 amide bonds. The zero-order chi connectivity index (χ0) is 16.6. The lowest BCUT2D eigenvalue weighted by atomic mass is 10.2. The first-order valence-electron chi connectivity index (χ1n) is 6.35. The maximum atomic E-state index is 12.8. The Hall–Kier alpha value is -2.55. The van der Waals surface area contributed by atoms with Gasteiger partial charge in [-0.1, -0.05) is 23.9 Å². The van der Waals surface area contributed by atoms with Crippen molar-refractivity contribution in [3.8, 4) is 0 Å². The van der Waals surface area contributed by atoms with E-state index in [1.54, 1.807) is 18.2 Å². The number of hydrogen-bond donors (Lipinski definition) is 2. The highest BCUT2D eigenvalue weighted by Crippen LogP contribution is 2.43. The van der Waals surface area contributed by atoms with Crippen LogP contribution in [0.3, 0.4) is 0 Å². The molecule has 1 aliphatic rings. The van der Waals surface area contributed by atoms with Crippen LogP contribution >= 0.6 is 11.8 Å². The summed E-state index contributed by atoms with van der Waals surface area (Å²) in [5.41, 5.74) is 4.75. The lowest BCUT2D eigenvalue weighted by molar-refractivity contribution is -0.141. The highest BCUT2D eigenvalue weighted by molar-refractivity contribution is 8.04. The molecule has 2 aromatic rings. The van der Waals surface area contributed by atoms with Gasteiger partial charge in [0.1, 0.15) is 11.3 Å². The van der Waals surface area contributed by atoms with Gasteiger partial charge in [0.05, 0.1) is 10.7 Å². The maximum Gasteiger partial charge on any atom is 0.433 e. The molecule has 1 aromatic carbocycles. The number of para-hydroxylation sites is 1. The molecule has 0 bridgehead atoms. The van der Waals surface area contributed by atoms with Crippen molar-refractivity contribution in [2.24, 2.45) is 5.73 Å². The molecule has 0 unspecified atom stereocenters. The van der Waals surface area contributed by atoms with E-state index in [1.165, 1.54) is 11.8 Å². The van der Waals surface area contributed by atoms with Crippen LogP contribution in [0.25, 0.3) is 5.57 Å². The summed E-state index contributed by atoms with van der Waals surface area (Å²) < 4.78 is 38.3. The summed E-state index contributed by atoms with van der Waals surface area (Å²) >= 11 is 1.19. The summed E-state index contributed by atoms with van der Waals surface area (Å²) in [6, 6.07) is 7.92. The molecule has 0 atom stereocenters. The number of benzene rings is 1. The number of rotatable bonds is 2. The highest BCUT2D eigenvalue weighted by Gasteiger charge is 2.34. The van der Waals surface area contributed by atoms with Crippen molar-refractivity contribution in [3.63, 3.8) is 0 Å². The minimum Gasteiger partial charge on any atom is -0.365 e. The standard InChI is InChI=1S/C14H9F3N4OS/c15-14(16,17)9-5-6-19-12(21-9)10(11(18)22)13-20-7-3-1-2-4-8(7)23-13/h1-6,20H,(H2,18,22)/b13-10-. The number of fused-ring (bicyclic) bond motifs is 1. The first-order valence-corrected chi connectivity index (χ1v) is 7.16. The van der Waals surface area contributed by atoms with E-state index < -0.39 is 17.8 Å². The van der Waals surface area contributed by atoms with Crippen LogP contribution in [0.5, 0.6) is 0 Å². The van der Waals surface area contributed by atoms with Crippen molar-refractivity contribution in [3.05, 3.63) is 53.1 Å². The Labute approximate surface area is 132 Å². The molecule has 0 spiro atoms. The molecule has 5 nitrogen and oxygen atoms in total. The molecule has 9 heteroatoms. The summed E-state index contributed by atoms with van der Waals surface area (Å²) in [6.45, 7) is 0. The Morgan fingerprint density at radius 1 is 1.22 bits per heavy atom. The zero-order valence-electron chi connectivity index (χ0n) is 11.4.